The Morgan fingerprint density at radius 3 is 2.91 bits per heavy atom. The van der Waals surface area contributed by atoms with Crippen LogP contribution in [0.25, 0.3) is 11.1 Å². The summed E-state index contributed by atoms with van der Waals surface area (Å²) in [6.45, 7) is 4.55. The van der Waals surface area contributed by atoms with Gasteiger partial charge in [0.25, 0.3) is 0 Å². The first-order chi connectivity index (χ1) is 11.2. The lowest BCUT2D eigenvalue weighted by Crippen LogP contribution is -2.30. The van der Waals surface area contributed by atoms with Gasteiger partial charge in [-0.25, -0.2) is 0 Å². The third kappa shape index (κ3) is 3.51. The fraction of sp³-hybridized carbons (Fsp3) is 0.222. The van der Waals surface area contributed by atoms with Gasteiger partial charge in [0.05, 0.1) is 5.92 Å². The normalized spacial score (nSPS) is 17.0. The van der Waals surface area contributed by atoms with Gasteiger partial charge in [0.2, 0.25) is 11.8 Å². The zero-order chi connectivity index (χ0) is 16.2. The van der Waals surface area contributed by atoms with E-state index in [4.69, 9.17) is 0 Å². The Kier molecular flexibility index (Phi) is 4.57. The number of carbonyl (C=O) groups excluding carboxylic acids is 2. The van der Waals surface area contributed by atoms with Gasteiger partial charge in [-0.3, -0.25) is 9.59 Å². The zero-order valence-electron chi connectivity index (χ0n) is 12.7. The lowest BCUT2D eigenvalue weighted by Gasteiger charge is -2.14. The van der Waals surface area contributed by atoms with E-state index in [0.29, 0.717) is 19.5 Å². The van der Waals surface area contributed by atoms with Crippen molar-refractivity contribution in [2.75, 3.05) is 18.4 Å². The summed E-state index contributed by atoms with van der Waals surface area (Å²) >= 11 is 1.65. The minimum Gasteiger partial charge on any atom is -0.338 e. The zero-order valence-corrected chi connectivity index (χ0v) is 13.5. The van der Waals surface area contributed by atoms with Crippen molar-refractivity contribution in [1.29, 1.82) is 0 Å². The summed E-state index contributed by atoms with van der Waals surface area (Å²) in [4.78, 5) is 25.7. The van der Waals surface area contributed by atoms with Gasteiger partial charge in [-0.15, -0.1) is 0 Å². The summed E-state index contributed by atoms with van der Waals surface area (Å²) in [5.74, 6) is -0.310. The maximum absolute atomic E-state index is 12.4. The molecule has 1 fully saturated rings. The molecule has 4 nitrogen and oxygen atoms in total. The van der Waals surface area contributed by atoms with E-state index in [1.807, 2.05) is 29.6 Å². The summed E-state index contributed by atoms with van der Waals surface area (Å²) in [7, 11) is 0. The number of anilines is 1. The van der Waals surface area contributed by atoms with E-state index in [1.165, 1.54) is 6.08 Å². The highest BCUT2D eigenvalue weighted by Crippen LogP contribution is 2.25. The fourth-order valence-corrected chi connectivity index (χ4v) is 3.42. The predicted molar refractivity (Wildman–Crippen MR) is 93.3 cm³/mol. The van der Waals surface area contributed by atoms with Crippen LogP contribution >= 0.6 is 11.3 Å². The van der Waals surface area contributed by atoms with Gasteiger partial charge >= 0.3 is 0 Å². The molecule has 1 aliphatic heterocycles. The van der Waals surface area contributed by atoms with E-state index in [-0.39, 0.29) is 17.7 Å². The molecular weight excluding hydrogens is 308 g/mol. The number of nitrogens with one attached hydrogen (secondary N) is 1. The molecule has 2 heterocycles. The van der Waals surface area contributed by atoms with Crippen molar-refractivity contribution in [3.63, 3.8) is 0 Å². The van der Waals surface area contributed by atoms with Crippen LogP contribution in [0.1, 0.15) is 6.42 Å². The number of benzene rings is 1. The quantitative estimate of drug-likeness (QED) is 0.876. The van der Waals surface area contributed by atoms with E-state index < -0.39 is 0 Å². The molecule has 0 bridgehead atoms. The van der Waals surface area contributed by atoms with E-state index >= 15 is 0 Å². The van der Waals surface area contributed by atoms with Crippen molar-refractivity contribution in [3.05, 3.63) is 53.7 Å². The third-order valence-electron chi connectivity index (χ3n) is 4.03. The topological polar surface area (TPSA) is 49.4 Å². The minimum atomic E-state index is -0.163. The van der Waals surface area contributed by atoms with Crippen molar-refractivity contribution >= 4 is 28.8 Å². The molecule has 0 saturated carbocycles. The Bertz CT molecular complexity index is 724. The number of thiophene rings is 1. The molecule has 3 rings (SSSR count). The first-order valence-corrected chi connectivity index (χ1v) is 8.46. The molecule has 0 radical (unpaired) electrons. The lowest BCUT2D eigenvalue weighted by molar-refractivity contribution is -0.125. The van der Waals surface area contributed by atoms with Crippen LogP contribution in [0.3, 0.4) is 0 Å². The summed E-state index contributed by atoms with van der Waals surface area (Å²) in [5.41, 5.74) is 3.01. The van der Waals surface area contributed by atoms with Crippen LogP contribution in [0.5, 0.6) is 0 Å². The SMILES string of the molecule is C=CC(=O)N1CCC(C(=O)Nc2cccc(-c3ccsc3)c2)C1. The number of nitrogens with zero attached hydrogens (tertiary/aromatic N) is 1. The monoisotopic (exact) mass is 326 g/mol. The van der Waals surface area contributed by atoms with Gasteiger partial charge in [-0.05, 0) is 52.6 Å². The van der Waals surface area contributed by atoms with Crippen LogP contribution < -0.4 is 5.32 Å². The van der Waals surface area contributed by atoms with Gasteiger partial charge in [0.1, 0.15) is 0 Å². The fourth-order valence-electron chi connectivity index (χ4n) is 2.75. The van der Waals surface area contributed by atoms with Crippen molar-refractivity contribution in [2.24, 2.45) is 5.92 Å². The number of amides is 2. The highest BCUT2D eigenvalue weighted by molar-refractivity contribution is 7.08. The van der Waals surface area contributed by atoms with Crippen LogP contribution in [0.15, 0.2) is 53.7 Å². The van der Waals surface area contributed by atoms with Crippen LogP contribution in [0, 0.1) is 5.92 Å². The number of hydrogen-bond donors (Lipinski definition) is 1. The predicted octanol–water partition coefficient (Wildman–Crippen LogP) is 3.39. The van der Waals surface area contributed by atoms with Crippen LogP contribution in [0.2, 0.25) is 0 Å². The molecule has 23 heavy (non-hydrogen) atoms. The maximum Gasteiger partial charge on any atom is 0.245 e. The summed E-state index contributed by atoms with van der Waals surface area (Å²) in [5, 5.41) is 7.08. The summed E-state index contributed by atoms with van der Waals surface area (Å²) in [6.07, 6.45) is 1.99. The van der Waals surface area contributed by atoms with Gasteiger partial charge in [-0.1, -0.05) is 18.7 Å². The van der Waals surface area contributed by atoms with Crippen LogP contribution in [0.4, 0.5) is 5.69 Å². The smallest absolute Gasteiger partial charge is 0.245 e. The number of hydrogen-bond acceptors (Lipinski definition) is 3. The van der Waals surface area contributed by atoms with E-state index in [2.05, 4.69) is 23.3 Å². The molecule has 0 aliphatic carbocycles. The lowest BCUT2D eigenvalue weighted by atomic mass is 10.1. The summed E-state index contributed by atoms with van der Waals surface area (Å²) in [6, 6.07) is 9.88. The maximum atomic E-state index is 12.4. The molecule has 2 aromatic rings. The van der Waals surface area contributed by atoms with Gasteiger partial charge in [-0.2, -0.15) is 11.3 Å². The third-order valence-corrected chi connectivity index (χ3v) is 4.71. The number of carbonyl (C=O) groups is 2. The molecule has 1 N–H and O–H groups in total. The molecule has 1 unspecified atom stereocenters. The Hall–Kier alpha value is -2.40. The van der Waals surface area contributed by atoms with Gasteiger partial charge in [0, 0.05) is 18.8 Å². The van der Waals surface area contributed by atoms with Gasteiger partial charge < -0.3 is 10.2 Å². The molecule has 1 atom stereocenters. The molecule has 1 aliphatic rings. The Morgan fingerprint density at radius 2 is 2.17 bits per heavy atom. The van der Waals surface area contributed by atoms with Crippen LogP contribution in [-0.4, -0.2) is 29.8 Å². The first kappa shape index (κ1) is 15.5. The second-order valence-electron chi connectivity index (χ2n) is 5.56. The Labute approximate surface area is 139 Å². The molecule has 2 amide bonds. The molecular formula is C18H18N2O2S. The highest BCUT2D eigenvalue weighted by atomic mass is 32.1. The van der Waals surface area contributed by atoms with Crippen molar-refractivity contribution in [3.8, 4) is 11.1 Å². The minimum absolute atomic E-state index is 0.0353. The van der Waals surface area contributed by atoms with Crippen molar-refractivity contribution in [1.82, 2.24) is 4.90 Å². The Morgan fingerprint density at radius 1 is 1.30 bits per heavy atom. The van der Waals surface area contributed by atoms with Crippen molar-refractivity contribution < 1.29 is 9.59 Å². The summed E-state index contributed by atoms with van der Waals surface area (Å²) < 4.78 is 0. The average Bonchev–Trinajstić information content (AvgIpc) is 3.26. The van der Waals surface area contributed by atoms with E-state index in [9.17, 15) is 9.59 Å². The average molecular weight is 326 g/mol. The second-order valence-corrected chi connectivity index (χ2v) is 6.34. The molecule has 118 valence electrons. The largest absolute Gasteiger partial charge is 0.338 e. The highest BCUT2D eigenvalue weighted by Gasteiger charge is 2.30. The molecule has 0 spiro atoms. The standard InChI is InChI=1S/C18H18N2O2S/c1-2-17(21)20-8-6-14(11-20)18(22)19-16-5-3-4-13(10-16)15-7-9-23-12-15/h2-5,7,9-10,12,14H,1,6,8,11H2,(H,19,22). The first-order valence-electron chi connectivity index (χ1n) is 7.52. The number of rotatable bonds is 4. The molecule has 5 heteroatoms. The van der Waals surface area contributed by atoms with Crippen LogP contribution in [-0.2, 0) is 9.59 Å². The molecule has 1 saturated heterocycles. The van der Waals surface area contributed by atoms with Crippen molar-refractivity contribution in [2.45, 2.75) is 6.42 Å². The van der Waals surface area contributed by atoms with E-state index in [1.54, 1.807) is 16.2 Å². The second kappa shape index (κ2) is 6.79. The number of likely N-dealkylation sites (tertiary alicyclic amines) is 1. The van der Waals surface area contributed by atoms with Gasteiger partial charge in [0.15, 0.2) is 0 Å². The Balaban J connectivity index is 1.66. The van der Waals surface area contributed by atoms with E-state index in [0.717, 1.165) is 16.8 Å². The molecule has 1 aromatic heterocycles. The molecule has 1 aromatic carbocycles.